The number of methoxy groups -OCH3 is 1. The average molecular weight is 566 g/mol. The van der Waals surface area contributed by atoms with Crippen LogP contribution in [0.2, 0.25) is 0 Å². The van der Waals surface area contributed by atoms with Crippen LogP contribution in [0.15, 0.2) is 133 Å². The Morgan fingerprint density at radius 2 is 0.829 bits per heavy atom. The number of benzene rings is 5. The van der Waals surface area contributed by atoms with Gasteiger partial charge in [0.25, 0.3) is 0 Å². The van der Waals surface area contributed by atoms with E-state index in [1.165, 1.54) is 37.0 Å². The monoisotopic (exact) mass is 566 g/mol. The molecule has 0 aliphatic rings. The van der Waals surface area contributed by atoms with Crippen molar-refractivity contribution in [1.29, 1.82) is 0 Å². The summed E-state index contributed by atoms with van der Waals surface area (Å²) in [4.78, 5) is 0. The third-order valence-electron chi connectivity index (χ3n) is 6.50. The molecule has 0 spiro atoms. The van der Waals surface area contributed by atoms with Gasteiger partial charge in [-0.3, -0.25) is 0 Å². The molecule has 0 aliphatic carbocycles. The van der Waals surface area contributed by atoms with Crippen LogP contribution in [0.25, 0.3) is 0 Å². The van der Waals surface area contributed by atoms with Crippen LogP contribution in [0.1, 0.15) is 45.2 Å². The zero-order valence-electron chi connectivity index (χ0n) is 19.6. The van der Waals surface area contributed by atoms with Crippen LogP contribution in [-0.2, 0) is 0 Å². The second-order valence-electron chi connectivity index (χ2n) is 8.62. The molecule has 0 unspecified atom stereocenters. The summed E-state index contributed by atoms with van der Waals surface area (Å²) in [5, 5.41) is 0. The molecule has 1 nitrogen and oxygen atoms in total. The summed E-state index contributed by atoms with van der Waals surface area (Å²) in [5.41, 5.74) is 7.53. The maximum absolute atomic E-state index is 5.99. The molecule has 0 fully saturated rings. The molecule has 5 aromatic carbocycles. The maximum atomic E-state index is 5.99. The van der Waals surface area contributed by atoms with Crippen molar-refractivity contribution in [2.24, 2.45) is 0 Å². The second-order valence-corrected chi connectivity index (χ2v) is 9.79. The molecule has 0 heterocycles. The summed E-state index contributed by atoms with van der Waals surface area (Å²) >= 11 is 2.47. The van der Waals surface area contributed by atoms with Crippen molar-refractivity contribution in [2.75, 3.05) is 7.11 Å². The topological polar surface area (TPSA) is 9.23 Å². The summed E-state index contributed by atoms with van der Waals surface area (Å²) in [6, 6.07) is 47.6. The minimum absolute atomic E-state index is 0.0651. The van der Waals surface area contributed by atoms with Crippen molar-refractivity contribution >= 4 is 22.6 Å². The lowest BCUT2D eigenvalue weighted by atomic mass is 9.80. The summed E-state index contributed by atoms with van der Waals surface area (Å²) in [5.74, 6) is 1.10. The van der Waals surface area contributed by atoms with Gasteiger partial charge in [-0.25, -0.2) is 0 Å². The van der Waals surface area contributed by atoms with Gasteiger partial charge in [-0.05, 0) is 62.5 Å². The third-order valence-corrected chi connectivity index (χ3v) is 7.44. The Labute approximate surface area is 221 Å². The lowest BCUT2D eigenvalue weighted by Gasteiger charge is -2.26. The minimum Gasteiger partial charge on any atom is -0.496 e. The predicted octanol–water partition coefficient (Wildman–Crippen LogP) is 8.66. The van der Waals surface area contributed by atoms with Crippen molar-refractivity contribution in [1.82, 2.24) is 0 Å². The Morgan fingerprint density at radius 3 is 1.17 bits per heavy atom. The molecule has 5 aromatic rings. The second kappa shape index (κ2) is 10.9. The van der Waals surface area contributed by atoms with Crippen LogP contribution in [0.3, 0.4) is 0 Å². The van der Waals surface area contributed by atoms with Crippen molar-refractivity contribution in [2.45, 2.75) is 11.8 Å². The highest BCUT2D eigenvalue weighted by atomic mass is 127. The Balaban J connectivity index is 1.76. The van der Waals surface area contributed by atoms with E-state index >= 15 is 0 Å². The van der Waals surface area contributed by atoms with E-state index in [0.29, 0.717) is 0 Å². The summed E-state index contributed by atoms with van der Waals surface area (Å²) in [6.45, 7) is 0. The number of hydrogen-bond acceptors (Lipinski definition) is 1. The van der Waals surface area contributed by atoms with Gasteiger partial charge in [0.05, 0.1) is 7.11 Å². The summed E-state index contributed by atoms with van der Waals surface area (Å²) in [7, 11) is 1.77. The first-order valence-electron chi connectivity index (χ1n) is 11.8. The van der Waals surface area contributed by atoms with E-state index in [-0.39, 0.29) is 11.8 Å². The van der Waals surface area contributed by atoms with Crippen LogP contribution < -0.4 is 4.74 Å². The molecule has 0 saturated carbocycles. The van der Waals surface area contributed by atoms with Crippen LogP contribution in [0.4, 0.5) is 0 Å². The van der Waals surface area contributed by atoms with Gasteiger partial charge < -0.3 is 4.74 Å². The molecule has 0 aromatic heterocycles. The molecular formula is C33H27IO. The summed E-state index contributed by atoms with van der Waals surface area (Å²) < 4.78 is 7.19. The van der Waals surface area contributed by atoms with Crippen LogP contribution >= 0.6 is 22.6 Å². The maximum Gasteiger partial charge on any atom is 0.124 e. The smallest absolute Gasteiger partial charge is 0.124 e. The highest BCUT2D eigenvalue weighted by Gasteiger charge is 2.26. The lowest BCUT2D eigenvalue weighted by molar-refractivity contribution is 0.408. The molecular weight excluding hydrogens is 539 g/mol. The lowest BCUT2D eigenvalue weighted by Crippen LogP contribution is -2.10. The van der Waals surface area contributed by atoms with Crippen molar-refractivity contribution in [3.63, 3.8) is 0 Å². The Hall–Kier alpha value is -3.37. The minimum atomic E-state index is 0.0651. The van der Waals surface area contributed by atoms with E-state index < -0.39 is 0 Å². The molecule has 5 rings (SSSR count). The fraction of sp³-hybridized carbons (Fsp3) is 0.0909. The van der Waals surface area contributed by atoms with Crippen molar-refractivity contribution < 1.29 is 4.74 Å². The molecule has 35 heavy (non-hydrogen) atoms. The van der Waals surface area contributed by atoms with Crippen LogP contribution in [-0.4, -0.2) is 7.11 Å². The molecule has 0 atom stereocenters. The standard InChI is InChI=1S/C33H27IO/c1-35-31-23-30(34)28(32(24-14-6-2-7-15-24)25-16-8-3-9-17-25)22-29(31)33(26-18-10-4-11-19-26)27-20-12-5-13-21-27/h2-23,32-33H,1H3. The highest BCUT2D eigenvalue weighted by molar-refractivity contribution is 14.1. The number of ether oxygens (including phenoxy) is 1. The van der Waals surface area contributed by atoms with Crippen LogP contribution in [0.5, 0.6) is 5.75 Å². The first-order chi connectivity index (χ1) is 17.3. The average Bonchev–Trinajstić information content (AvgIpc) is 2.93. The van der Waals surface area contributed by atoms with Crippen LogP contribution in [0, 0.1) is 3.57 Å². The number of halogens is 1. The van der Waals surface area contributed by atoms with E-state index in [1.807, 2.05) is 0 Å². The third kappa shape index (κ3) is 5.03. The summed E-state index contributed by atoms with van der Waals surface area (Å²) in [6.07, 6.45) is 0. The van der Waals surface area contributed by atoms with E-state index in [9.17, 15) is 0 Å². The highest BCUT2D eigenvalue weighted by Crippen LogP contribution is 2.43. The van der Waals surface area contributed by atoms with Gasteiger partial charge in [0, 0.05) is 21.0 Å². The normalized spacial score (nSPS) is 11.1. The molecule has 0 bridgehead atoms. The molecule has 172 valence electrons. The zero-order valence-corrected chi connectivity index (χ0v) is 21.8. The van der Waals surface area contributed by atoms with E-state index in [0.717, 1.165) is 5.75 Å². The van der Waals surface area contributed by atoms with Gasteiger partial charge in [-0.1, -0.05) is 121 Å². The van der Waals surface area contributed by atoms with E-state index in [2.05, 4.69) is 156 Å². The van der Waals surface area contributed by atoms with E-state index in [1.54, 1.807) is 7.11 Å². The van der Waals surface area contributed by atoms with Gasteiger partial charge in [-0.15, -0.1) is 0 Å². The largest absolute Gasteiger partial charge is 0.496 e. The van der Waals surface area contributed by atoms with Gasteiger partial charge in [0.2, 0.25) is 0 Å². The zero-order chi connectivity index (χ0) is 24.0. The Bertz CT molecular complexity index is 1290. The fourth-order valence-corrected chi connectivity index (χ4v) is 5.65. The Morgan fingerprint density at radius 1 is 0.486 bits per heavy atom. The molecule has 0 radical (unpaired) electrons. The molecule has 0 aliphatic heterocycles. The fourth-order valence-electron chi connectivity index (χ4n) is 4.90. The van der Waals surface area contributed by atoms with Gasteiger partial charge in [0.15, 0.2) is 0 Å². The molecule has 0 saturated heterocycles. The molecule has 2 heteroatoms. The molecule has 0 N–H and O–H groups in total. The first kappa shape index (κ1) is 23.4. The SMILES string of the molecule is COc1cc(I)c(C(c2ccccc2)c2ccccc2)cc1C(c1ccccc1)c1ccccc1. The Kier molecular flexibility index (Phi) is 7.29. The number of hydrogen-bond donors (Lipinski definition) is 0. The predicted molar refractivity (Wildman–Crippen MR) is 153 cm³/mol. The van der Waals surface area contributed by atoms with Crippen molar-refractivity contribution in [3.8, 4) is 5.75 Å². The van der Waals surface area contributed by atoms with Gasteiger partial charge >= 0.3 is 0 Å². The van der Waals surface area contributed by atoms with Crippen molar-refractivity contribution in [3.05, 3.63) is 170 Å². The number of rotatable bonds is 7. The quantitative estimate of drug-likeness (QED) is 0.142. The first-order valence-corrected chi connectivity index (χ1v) is 12.9. The van der Waals surface area contributed by atoms with E-state index in [4.69, 9.17) is 4.74 Å². The molecule has 0 amide bonds. The van der Waals surface area contributed by atoms with Gasteiger partial charge in [0.1, 0.15) is 5.75 Å². The van der Waals surface area contributed by atoms with Gasteiger partial charge in [-0.2, -0.15) is 0 Å².